The number of hydrogen-bond acceptors (Lipinski definition) is 4. The van der Waals surface area contributed by atoms with Gasteiger partial charge in [0.05, 0.1) is 12.6 Å². The summed E-state index contributed by atoms with van der Waals surface area (Å²) in [6.07, 6.45) is 0. The minimum atomic E-state index is -0.110. The topological polar surface area (TPSA) is 59.6 Å². The summed E-state index contributed by atoms with van der Waals surface area (Å²) in [5, 5.41) is 7.07. The standard InChI is InChI=1S/C22H27ClN2O3/c1-14(2)22(16-8-9-19-20(12-16)28-11-10-27-19)25-21(26)13-24-15(3)17-6-4-5-7-18(17)23/h4-9,12,14-15,22,24H,10-11,13H2,1-3H3,(H,25,26)/t15-,22+/m0/s1. The summed E-state index contributed by atoms with van der Waals surface area (Å²) in [7, 11) is 0. The van der Waals surface area contributed by atoms with Gasteiger partial charge in [-0.15, -0.1) is 0 Å². The lowest BCUT2D eigenvalue weighted by Gasteiger charge is -2.26. The summed E-state index contributed by atoms with van der Waals surface area (Å²) >= 11 is 6.24. The number of rotatable bonds is 7. The Morgan fingerprint density at radius 2 is 1.79 bits per heavy atom. The largest absolute Gasteiger partial charge is 0.486 e. The molecule has 1 aliphatic heterocycles. The second-order valence-corrected chi connectivity index (χ2v) is 7.72. The number of benzene rings is 2. The number of carbonyl (C=O) groups excluding carboxylic acids is 1. The van der Waals surface area contributed by atoms with E-state index >= 15 is 0 Å². The first-order valence-corrected chi connectivity index (χ1v) is 10.00. The molecule has 0 aromatic heterocycles. The maximum atomic E-state index is 12.6. The highest BCUT2D eigenvalue weighted by molar-refractivity contribution is 6.31. The van der Waals surface area contributed by atoms with E-state index in [9.17, 15) is 4.79 Å². The molecule has 0 spiro atoms. The van der Waals surface area contributed by atoms with Gasteiger partial charge < -0.3 is 20.1 Å². The molecule has 2 N–H and O–H groups in total. The predicted octanol–water partition coefficient (Wildman–Crippen LogP) is 4.28. The molecule has 1 aliphatic rings. The Balaban J connectivity index is 1.62. The number of nitrogens with one attached hydrogen (secondary N) is 2. The quantitative estimate of drug-likeness (QED) is 0.725. The monoisotopic (exact) mass is 402 g/mol. The molecule has 28 heavy (non-hydrogen) atoms. The fourth-order valence-corrected chi connectivity index (χ4v) is 3.59. The number of carbonyl (C=O) groups is 1. The van der Waals surface area contributed by atoms with Gasteiger partial charge in [-0.25, -0.2) is 0 Å². The van der Waals surface area contributed by atoms with Crippen molar-refractivity contribution in [3.05, 3.63) is 58.6 Å². The Labute approximate surface area is 171 Å². The third-order valence-corrected chi connectivity index (χ3v) is 5.19. The lowest BCUT2D eigenvalue weighted by atomic mass is 9.95. The number of fused-ring (bicyclic) bond motifs is 1. The van der Waals surface area contributed by atoms with Crippen molar-refractivity contribution in [1.82, 2.24) is 10.6 Å². The van der Waals surface area contributed by atoms with Crippen molar-refractivity contribution in [2.75, 3.05) is 19.8 Å². The number of hydrogen-bond donors (Lipinski definition) is 2. The minimum absolute atomic E-state index is 0.0220. The zero-order valence-electron chi connectivity index (χ0n) is 16.5. The van der Waals surface area contributed by atoms with Crippen LogP contribution in [0.15, 0.2) is 42.5 Å². The first-order valence-electron chi connectivity index (χ1n) is 9.62. The van der Waals surface area contributed by atoms with Crippen LogP contribution >= 0.6 is 11.6 Å². The number of ether oxygens (including phenoxy) is 2. The lowest BCUT2D eigenvalue weighted by Crippen LogP contribution is -2.39. The molecular formula is C22H27ClN2O3. The zero-order chi connectivity index (χ0) is 20.1. The van der Waals surface area contributed by atoms with Crippen molar-refractivity contribution in [1.29, 1.82) is 0 Å². The Bertz CT molecular complexity index is 825. The van der Waals surface area contributed by atoms with Crippen LogP contribution < -0.4 is 20.1 Å². The van der Waals surface area contributed by atoms with Crippen molar-refractivity contribution >= 4 is 17.5 Å². The first-order chi connectivity index (χ1) is 13.5. The van der Waals surface area contributed by atoms with Crippen molar-refractivity contribution in [3.8, 4) is 11.5 Å². The molecule has 2 atom stereocenters. The zero-order valence-corrected chi connectivity index (χ0v) is 17.3. The molecule has 1 heterocycles. The van der Waals surface area contributed by atoms with Crippen molar-refractivity contribution in [2.45, 2.75) is 32.9 Å². The van der Waals surface area contributed by atoms with Gasteiger partial charge >= 0.3 is 0 Å². The average Bonchev–Trinajstić information content (AvgIpc) is 2.70. The molecule has 5 nitrogen and oxygen atoms in total. The fraction of sp³-hybridized carbons (Fsp3) is 0.409. The van der Waals surface area contributed by atoms with Gasteiger partial charge in [0, 0.05) is 11.1 Å². The van der Waals surface area contributed by atoms with E-state index < -0.39 is 0 Å². The SMILES string of the molecule is CC(C)[C@@H](NC(=O)CN[C@@H](C)c1ccccc1Cl)c1ccc2c(c1)OCCO2. The van der Waals surface area contributed by atoms with E-state index in [1.165, 1.54) is 0 Å². The second-order valence-electron chi connectivity index (χ2n) is 7.32. The number of halogens is 1. The molecule has 0 fully saturated rings. The van der Waals surface area contributed by atoms with Gasteiger partial charge in [0.1, 0.15) is 13.2 Å². The molecule has 150 valence electrons. The van der Waals surface area contributed by atoms with Crippen LogP contribution in [0.25, 0.3) is 0 Å². The van der Waals surface area contributed by atoms with Crippen LogP contribution in [0.5, 0.6) is 11.5 Å². The highest BCUT2D eigenvalue weighted by atomic mass is 35.5. The molecule has 6 heteroatoms. The molecule has 0 bridgehead atoms. The summed E-state index contributed by atoms with van der Waals surface area (Å²) in [5.74, 6) is 1.65. The third kappa shape index (κ3) is 4.97. The molecule has 0 saturated carbocycles. The Morgan fingerprint density at radius 3 is 2.50 bits per heavy atom. The molecule has 0 saturated heterocycles. The van der Waals surface area contributed by atoms with Gasteiger partial charge in [-0.05, 0) is 42.2 Å². The summed E-state index contributed by atoms with van der Waals surface area (Å²) in [5.41, 5.74) is 1.98. The summed E-state index contributed by atoms with van der Waals surface area (Å²) < 4.78 is 11.3. The first kappa shape index (κ1) is 20.5. The van der Waals surface area contributed by atoms with E-state index in [-0.39, 0.29) is 30.5 Å². The highest BCUT2D eigenvalue weighted by Crippen LogP contribution is 2.34. The predicted molar refractivity (Wildman–Crippen MR) is 111 cm³/mol. The van der Waals surface area contributed by atoms with Gasteiger partial charge in [0.15, 0.2) is 11.5 Å². The fourth-order valence-electron chi connectivity index (χ4n) is 3.29. The second kappa shape index (κ2) is 9.30. The van der Waals surface area contributed by atoms with Crippen LogP contribution in [0, 0.1) is 5.92 Å². The lowest BCUT2D eigenvalue weighted by molar-refractivity contribution is -0.121. The molecule has 2 aromatic carbocycles. The van der Waals surface area contributed by atoms with E-state index in [0.717, 1.165) is 22.6 Å². The van der Waals surface area contributed by atoms with Gasteiger partial charge in [0.2, 0.25) is 5.91 Å². The van der Waals surface area contributed by atoms with Crippen molar-refractivity contribution in [2.24, 2.45) is 5.92 Å². The molecular weight excluding hydrogens is 376 g/mol. The van der Waals surface area contributed by atoms with Crippen molar-refractivity contribution < 1.29 is 14.3 Å². The highest BCUT2D eigenvalue weighted by Gasteiger charge is 2.21. The molecule has 3 rings (SSSR count). The maximum Gasteiger partial charge on any atom is 0.234 e. The van der Waals surface area contributed by atoms with Gasteiger partial charge in [-0.1, -0.05) is 49.7 Å². The van der Waals surface area contributed by atoms with Crippen LogP contribution in [0.3, 0.4) is 0 Å². The van der Waals surface area contributed by atoms with Crippen LogP contribution in [0.2, 0.25) is 5.02 Å². The van der Waals surface area contributed by atoms with E-state index in [1.54, 1.807) is 0 Å². The summed E-state index contributed by atoms with van der Waals surface area (Å²) in [6.45, 7) is 7.48. The van der Waals surface area contributed by atoms with Crippen LogP contribution in [0.4, 0.5) is 0 Å². The molecule has 0 radical (unpaired) electrons. The molecule has 2 aromatic rings. The van der Waals surface area contributed by atoms with Crippen LogP contribution in [0.1, 0.15) is 44.0 Å². The number of amides is 1. The summed E-state index contributed by atoms with van der Waals surface area (Å²) in [4.78, 5) is 12.6. The van der Waals surface area contributed by atoms with E-state index in [1.807, 2.05) is 49.4 Å². The normalized spacial score (nSPS) is 15.2. The Kier molecular flexibility index (Phi) is 6.81. The minimum Gasteiger partial charge on any atom is -0.486 e. The van der Waals surface area contributed by atoms with Gasteiger partial charge in [0.25, 0.3) is 0 Å². The van der Waals surface area contributed by atoms with E-state index in [0.29, 0.717) is 18.2 Å². The van der Waals surface area contributed by atoms with Crippen molar-refractivity contribution in [3.63, 3.8) is 0 Å². The average molecular weight is 403 g/mol. The van der Waals surface area contributed by atoms with Crippen LogP contribution in [-0.4, -0.2) is 25.7 Å². The van der Waals surface area contributed by atoms with Gasteiger partial charge in [-0.3, -0.25) is 4.79 Å². The van der Waals surface area contributed by atoms with E-state index in [2.05, 4.69) is 24.5 Å². The maximum absolute atomic E-state index is 12.6. The smallest absolute Gasteiger partial charge is 0.234 e. The van der Waals surface area contributed by atoms with Crippen LogP contribution in [-0.2, 0) is 4.79 Å². The molecule has 0 unspecified atom stereocenters. The Hall–Kier alpha value is -2.24. The molecule has 0 aliphatic carbocycles. The van der Waals surface area contributed by atoms with E-state index in [4.69, 9.17) is 21.1 Å². The third-order valence-electron chi connectivity index (χ3n) is 4.85. The molecule has 1 amide bonds. The Morgan fingerprint density at radius 1 is 1.07 bits per heavy atom. The van der Waals surface area contributed by atoms with Gasteiger partial charge in [-0.2, -0.15) is 0 Å². The summed E-state index contributed by atoms with van der Waals surface area (Å²) in [6, 6.07) is 13.4.